The number of hydrogen-bond donors (Lipinski definition) is 2. The number of nitrogens with zero attached hydrogens (tertiary/aromatic N) is 3. The number of aromatic amines is 1. The van der Waals surface area contributed by atoms with Gasteiger partial charge in [0.15, 0.2) is 0 Å². The van der Waals surface area contributed by atoms with Gasteiger partial charge in [0.05, 0.1) is 11.1 Å². The molecule has 9 heteroatoms. The van der Waals surface area contributed by atoms with Crippen LogP contribution in [0.3, 0.4) is 0 Å². The summed E-state index contributed by atoms with van der Waals surface area (Å²) in [5, 5.41) is 20.7. The minimum atomic E-state index is -3.82. The van der Waals surface area contributed by atoms with Crippen LogP contribution in [0.4, 0.5) is 4.39 Å². The molecule has 23 heavy (non-hydrogen) atoms. The Balaban J connectivity index is 1.92. The van der Waals surface area contributed by atoms with Crippen molar-refractivity contribution in [3.05, 3.63) is 41.5 Å². The second kappa shape index (κ2) is 5.66. The quantitative estimate of drug-likeness (QED) is 0.866. The Morgan fingerprint density at radius 3 is 2.87 bits per heavy atom. The van der Waals surface area contributed by atoms with E-state index in [1.54, 1.807) is 0 Å². The maximum atomic E-state index is 13.4. The van der Waals surface area contributed by atoms with Crippen LogP contribution in [0.5, 0.6) is 0 Å². The van der Waals surface area contributed by atoms with Crippen molar-refractivity contribution in [1.29, 1.82) is 0 Å². The van der Waals surface area contributed by atoms with E-state index in [4.69, 9.17) is 0 Å². The van der Waals surface area contributed by atoms with E-state index in [9.17, 15) is 17.9 Å². The van der Waals surface area contributed by atoms with Crippen molar-refractivity contribution in [1.82, 2.24) is 19.7 Å². The van der Waals surface area contributed by atoms with E-state index in [-0.39, 0.29) is 17.0 Å². The Kier molecular flexibility index (Phi) is 3.95. The molecule has 7 nitrogen and oxygen atoms in total. The molecule has 0 amide bonds. The fourth-order valence-corrected chi connectivity index (χ4v) is 4.38. The first-order chi connectivity index (χ1) is 10.8. The largest absolute Gasteiger partial charge is 0.382 e. The van der Waals surface area contributed by atoms with Crippen molar-refractivity contribution in [2.45, 2.75) is 30.3 Å². The summed E-state index contributed by atoms with van der Waals surface area (Å²) in [6.45, 7) is 1.69. The molecule has 124 valence electrons. The third kappa shape index (κ3) is 2.87. The summed E-state index contributed by atoms with van der Waals surface area (Å²) < 4.78 is 40.1. The average Bonchev–Trinajstić information content (AvgIpc) is 3.05. The maximum absolute atomic E-state index is 13.4. The molecule has 0 saturated carbocycles. The summed E-state index contributed by atoms with van der Waals surface area (Å²) in [5.74, 6) is -0.457. The molecule has 1 aromatic heterocycles. The lowest BCUT2D eigenvalue weighted by Gasteiger charge is -2.37. The van der Waals surface area contributed by atoms with Crippen LogP contribution in [-0.4, -0.2) is 46.3 Å². The van der Waals surface area contributed by atoms with Crippen LogP contribution in [0.25, 0.3) is 0 Å². The smallest absolute Gasteiger partial charge is 0.243 e. The number of hydrogen-bond acceptors (Lipinski definition) is 5. The fraction of sp³-hybridized carbons (Fsp3) is 0.429. The Bertz CT molecular complexity index is 809. The lowest BCUT2D eigenvalue weighted by atomic mass is 9.91. The van der Waals surface area contributed by atoms with Gasteiger partial charge in [-0.15, -0.1) is 0 Å². The zero-order chi connectivity index (χ0) is 16.7. The van der Waals surface area contributed by atoms with E-state index >= 15 is 0 Å². The molecule has 1 aliphatic heterocycles. The van der Waals surface area contributed by atoms with Crippen molar-refractivity contribution >= 4 is 10.0 Å². The SMILES string of the molecule is Cc1cc(S(=O)(=O)N2CCC[C@](O)(c3cn[nH]n3)C2)ccc1F. The molecule has 1 atom stereocenters. The van der Waals surface area contributed by atoms with Gasteiger partial charge in [-0.1, -0.05) is 0 Å². The Labute approximate surface area is 133 Å². The highest BCUT2D eigenvalue weighted by Crippen LogP contribution is 2.32. The van der Waals surface area contributed by atoms with Gasteiger partial charge in [0.1, 0.15) is 17.1 Å². The molecule has 1 fully saturated rings. The molecule has 1 saturated heterocycles. The molecule has 0 unspecified atom stereocenters. The van der Waals surface area contributed by atoms with Gasteiger partial charge in [-0.25, -0.2) is 12.8 Å². The van der Waals surface area contributed by atoms with E-state index in [0.717, 1.165) is 6.07 Å². The number of β-amino-alcohol motifs (C(OH)–C–C–N with tert-alkyl or cyclic N) is 1. The number of H-pyrrole nitrogens is 1. The second-order valence-electron chi connectivity index (χ2n) is 5.74. The van der Waals surface area contributed by atoms with Gasteiger partial charge in [0.25, 0.3) is 0 Å². The van der Waals surface area contributed by atoms with E-state index in [0.29, 0.717) is 25.1 Å². The maximum Gasteiger partial charge on any atom is 0.243 e. The number of aryl methyl sites for hydroxylation is 1. The van der Waals surface area contributed by atoms with Crippen molar-refractivity contribution < 1.29 is 17.9 Å². The van der Waals surface area contributed by atoms with Crippen LogP contribution < -0.4 is 0 Å². The van der Waals surface area contributed by atoms with Gasteiger partial charge >= 0.3 is 0 Å². The monoisotopic (exact) mass is 340 g/mol. The normalized spacial score (nSPS) is 23.1. The standard InChI is InChI=1S/C14H17FN4O3S/c1-10-7-11(3-4-12(10)15)23(21,22)19-6-2-5-14(20,9-19)13-8-16-18-17-13/h3-4,7-8,20H,2,5-6,9H2,1H3,(H,16,17,18)/t14-/m1/s1. The second-order valence-corrected chi connectivity index (χ2v) is 7.68. The molecule has 1 aromatic carbocycles. The topological polar surface area (TPSA) is 99.2 Å². The van der Waals surface area contributed by atoms with Crippen LogP contribution in [0.2, 0.25) is 0 Å². The van der Waals surface area contributed by atoms with Crippen LogP contribution in [0, 0.1) is 12.7 Å². The Morgan fingerprint density at radius 2 is 2.22 bits per heavy atom. The van der Waals surface area contributed by atoms with Crippen molar-refractivity contribution in [3.8, 4) is 0 Å². The van der Waals surface area contributed by atoms with Crippen LogP contribution >= 0.6 is 0 Å². The molecular weight excluding hydrogens is 323 g/mol. The third-order valence-electron chi connectivity index (χ3n) is 4.09. The van der Waals surface area contributed by atoms with Crippen molar-refractivity contribution in [2.75, 3.05) is 13.1 Å². The number of halogens is 1. The van der Waals surface area contributed by atoms with E-state index < -0.39 is 21.4 Å². The Hall–Kier alpha value is -1.84. The van der Waals surface area contributed by atoms with Gasteiger partial charge in [0.2, 0.25) is 10.0 Å². The zero-order valence-electron chi connectivity index (χ0n) is 12.5. The molecule has 2 aromatic rings. The van der Waals surface area contributed by atoms with Gasteiger partial charge in [-0.3, -0.25) is 0 Å². The predicted molar refractivity (Wildman–Crippen MR) is 79.4 cm³/mol. The number of rotatable bonds is 3. The highest BCUT2D eigenvalue weighted by atomic mass is 32.2. The Morgan fingerprint density at radius 1 is 1.43 bits per heavy atom. The number of aliphatic hydroxyl groups is 1. The first kappa shape index (κ1) is 16.0. The van der Waals surface area contributed by atoms with Crippen LogP contribution in [0.15, 0.2) is 29.3 Å². The molecule has 0 spiro atoms. The number of nitrogens with one attached hydrogen (secondary N) is 1. The number of benzene rings is 1. The van der Waals surface area contributed by atoms with Gasteiger partial charge in [-0.05, 0) is 43.5 Å². The summed E-state index contributed by atoms with van der Waals surface area (Å²) >= 11 is 0. The number of piperidine rings is 1. The third-order valence-corrected chi connectivity index (χ3v) is 5.94. The van der Waals surface area contributed by atoms with Gasteiger partial charge < -0.3 is 5.11 Å². The highest BCUT2D eigenvalue weighted by molar-refractivity contribution is 7.89. The van der Waals surface area contributed by atoms with Gasteiger partial charge in [0, 0.05) is 13.1 Å². The molecule has 3 rings (SSSR count). The van der Waals surface area contributed by atoms with Gasteiger partial charge in [-0.2, -0.15) is 19.7 Å². The van der Waals surface area contributed by atoms with Crippen molar-refractivity contribution in [3.63, 3.8) is 0 Å². The first-order valence-corrected chi connectivity index (χ1v) is 8.62. The summed E-state index contributed by atoms with van der Waals surface area (Å²) in [7, 11) is -3.82. The van der Waals surface area contributed by atoms with Crippen LogP contribution in [-0.2, 0) is 15.6 Å². The summed E-state index contributed by atoms with van der Waals surface area (Å²) in [5.41, 5.74) is -0.810. The fourth-order valence-electron chi connectivity index (χ4n) is 2.76. The number of sulfonamides is 1. The molecule has 0 bridgehead atoms. The minimum absolute atomic E-state index is 0.0146. The highest BCUT2D eigenvalue weighted by Gasteiger charge is 2.41. The zero-order valence-corrected chi connectivity index (χ0v) is 13.3. The lowest BCUT2D eigenvalue weighted by molar-refractivity contribution is -0.0161. The lowest BCUT2D eigenvalue weighted by Crippen LogP contribution is -2.48. The van der Waals surface area contributed by atoms with E-state index in [2.05, 4.69) is 15.4 Å². The predicted octanol–water partition coefficient (Wildman–Crippen LogP) is 0.925. The number of aromatic nitrogens is 3. The minimum Gasteiger partial charge on any atom is -0.382 e. The molecular formula is C14H17FN4O3S. The molecule has 0 radical (unpaired) electrons. The molecule has 2 heterocycles. The van der Waals surface area contributed by atoms with E-state index in [1.165, 1.54) is 29.6 Å². The summed E-state index contributed by atoms with van der Waals surface area (Å²) in [4.78, 5) is 0.0146. The van der Waals surface area contributed by atoms with E-state index in [1.807, 2.05) is 0 Å². The summed E-state index contributed by atoms with van der Waals surface area (Å²) in [6, 6.07) is 3.67. The van der Waals surface area contributed by atoms with Crippen molar-refractivity contribution in [2.24, 2.45) is 0 Å². The summed E-state index contributed by atoms with van der Waals surface area (Å²) in [6.07, 6.45) is 2.27. The van der Waals surface area contributed by atoms with Crippen LogP contribution in [0.1, 0.15) is 24.1 Å². The first-order valence-electron chi connectivity index (χ1n) is 7.18. The molecule has 1 aliphatic rings. The molecule has 2 N–H and O–H groups in total. The average molecular weight is 340 g/mol. The molecule has 0 aliphatic carbocycles.